The summed E-state index contributed by atoms with van der Waals surface area (Å²) in [5.41, 5.74) is 1.05. The van der Waals surface area contributed by atoms with E-state index < -0.39 is 0 Å². The van der Waals surface area contributed by atoms with E-state index in [0.29, 0.717) is 5.88 Å². The zero-order valence-corrected chi connectivity index (χ0v) is 9.59. The molecule has 0 bridgehead atoms. The normalized spacial score (nSPS) is 10.2. The van der Waals surface area contributed by atoms with Gasteiger partial charge in [-0.05, 0) is 25.5 Å². The molecule has 0 aliphatic carbocycles. The number of alkyl halides is 1. The van der Waals surface area contributed by atoms with Crippen molar-refractivity contribution < 1.29 is 0 Å². The molecule has 14 heavy (non-hydrogen) atoms. The van der Waals surface area contributed by atoms with Crippen LogP contribution in [0.2, 0.25) is 0 Å². The SMILES string of the molecule is CCCN(CCCl)c1cccc(C)n1. The Balaban J connectivity index is 2.75. The molecule has 0 aliphatic rings. The quantitative estimate of drug-likeness (QED) is 0.698. The summed E-state index contributed by atoms with van der Waals surface area (Å²) in [6, 6.07) is 6.08. The minimum atomic E-state index is 0.648. The summed E-state index contributed by atoms with van der Waals surface area (Å²) in [6.45, 7) is 6.06. The predicted molar refractivity (Wildman–Crippen MR) is 62.2 cm³/mol. The number of aryl methyl sites for hydroxylation is 1. The van der Waals surface area contributed by atoms with Gasteiger partial charge in [0.15, 0.2) is 0 Å². The van der Waals surface area contributed by atoms with Crippen LogP contribution in [0.15, 0.2) is 18.2 Å². The van der Waals surface area contributed by atoms with E-state index in [9.17, 15) is 0 Å². The van der Waals surface area contributed by atoms with Crippen LogP contribution in [0.4, 0.5) is 5.82 Å². The van der Waals surface area contributed by atoms with Gasteiger partial charge in [-0.1, -0.05) is 13.0 Å². The predicted octanol–water partition coefficient (Wildman–Crippen LogP) is 2.85. The fourth-order valence-corrected chi connectivity index (χ4v) is 1.62. The lowest BCUT2D eigenvalue weighted by Gasteiger charge is -2.22. The maximum absolute atomic E-state index is 5.75. The largest absolute Gasteiger partial charge is 0.355 e. The standard InChI is InChI=1S/C11H17ClN2/c1-3-8-14(9-7-12)11-6-4-5-10(2)13-11/h4-6H,3,7-9H2,1-2H3. The maximum atomic E-state index is 5.75. The third-order valence-electron chi connectivity index (χ3n) is 2.05. The second-order valence-corrected chi connectivity index (χ2v) is 3.69. The van der Waals surface area contributed by atoms with Gasteiger partial charge in [-0.2, -0.15) is 0 Å². The summed E-state index contributed by atoms with van der Waals surface area (Å²) in [5, 5.41) is 0. The highest BCUT2D eigenvalue weighted by Crippen LogP contribution is 2.11. The molecule has 0 atom stereocenters. The average Bonchev–Trinajstić information content (AvgIpc) is 2.17. The topological polar surface area (TPSA) is 16.1 Å². The molecule has 0 saturated heterocycles. The maximum Gasteiger partial charge on any atom is 0.128 e. The molecule has 1 heterocycles. The Kier molecular flexibility index (Phi) is 4.74. The first-order valence-corrected chi connectivity index (χ1v) is 5.56. The first-order valence-electron chi connectivity index (χ1n) is 5.02. The van der Waals surface area contributed by atoms with Crippen molar-refractivity contribution in [3.8, 4) is 0 Å². The second kappa shape index (κ2) is 5.86. The summed E-state index contributed by atoms with van der Waals surface area (Å²) in [6.07, 6.45) is 1.12. The smallest absolute Gasteiger partial charge is 0.128 e. The van der Waals surface area contributed by atoms with Gasteiger partial charge in [0, 0.05) is 24.7 Å². The van der Waals surface area contributed by atoms with Crippen molar-refractivity contribution >= 4 is 17.4 Å². The number of anilines is 1. The molecule has 0 unspecified atom stereocenters. The van der Waals surface area contributed by atoms with Gasteiger partial charge in [0.05, 0.1) is 0 Å². The van der Waals surface area contributed by atoms with Crippen LogP contribution in [0.1, 0.15) is 19.0 Å². The zero-order valence-electron chi connectivity index (χ0n) is 8.83. The highest BCUT2D eigenvalue weighted by molar-refractivity contribution is 6.18. The minimum Gasteiger partial charge on any atom is -0.355 e. The van der Waals surface area contributed by atoms with Crippen molar-refractivity contribution in [1.82, 2.24) is 4.98 Å². The van der Waals surface area contributed by atoms with Gasteiger partial charge in [0.2, 0.25) is 0 Å². The first-order chi connectivity index (χ1) is 6.77. The monoisotopic (exact) mass is 212 g/mol. The molecule has 1 aromatic rings. The lowest BCUT2D eigenvalue weighted by Crippen LogP contribution is -2.27. The van der Waals surface area contributed by atoms with Crippen LogP contribution in [0, 0.1) is 6.92 Å². The molecule has 0 radical (unpaired) electrons. The van der Waals surface area contributed by atoms with E-state index in [0.717, 1.165) is 31.0 Å². The van der Waals surface area contributed by atoms with Gasteiger partial charge in [0.25, 0.3) is 0 Å². The number of hydrogen-bond acceptors (Lipinski definition) is 2. The highest BCUT2D eigenvalue weighted by atomic mass is 35.5. The van der Waals surface area contributed by atoms with Crippen molar-refractivity contribution in [3.63, 3.8) is 0 Å². The third kappa shape index (κ3) is 3.18. The molecule has 0 aliphatic heterocycles. The Morgan fingerprint density at radius 1 is 1.36 bits per heavy atom. The van der Waals surface area contributed by atoms with E-state index >= 15 is 0 Å². The van der Waals surface area contributed by atoms with Crippen molar-refractivity contribution in [3.05, 3.63) is 23.9 Å². The molecule has 0 aromatic carbocycles. The summed E-state index contributed by atoms with van der Waals surface area (Å²) < 4.78 is 0. The van der Waals surface area contributed by atoms with Gasteiger partial charge in [0.1, 0.15) is 5.82 Å². The van der Waals surface area contributed by atoms with E-state index in [-0.39, 0.29) is 0 Å². The molecule has 0 spiro atoms. The molecule has 78 valence electrons. The Morgan fingerprint density at radius 2 is 2.14 bits per heavy atom. The second-order valence-electron chi connectivity index (χ2n) is 3.31. The number of aromatic nitrogens is 1. The van der Waals surface area contributed by atoms with Crippen molar-refractivity contribution in [2.75, 3.05) is 23.9 Å². The molecule has 1 rings (SSSR count). The van der Waals surface area contributed by atoms with E-state index in [4.69, 9.17) is 11.6 Å². The lowest BCUT2D eigenvalue weighted by atomic mass is 10.3. The number of nitrogens with zero attached hydrogens (tertiary/aromatic N) is 2. The van der Waals surface area contributed by atoms with Crippen LogP contribution in [-0.2, 0) is 0 Å². The third-order valence-corrected chi connectivity index (χ3v) is 2.21. The van der Waals surface area contributed by atoms with Crippen LogP contribution in [-0.4, -0.2) is 24.0 Å². The van der Waals surface area contributed by atoms with Gasteiger partial charge in [-0.15, -0.1) is 11.6 Å². The Hall–Kier alpha value is -0.760. The van der Waals surface area contributed by atoms with Crippen LogP contribution in [0.5, 0.6) is 0 Å². The van der Waals surface area contributed by atoms with E-state index in [1.54, 1.807) is 0 Å². The molecule has 0 N–H and O–H groups in total. The van der Waals surface area contributed by atoms with Crippen LogP contribution in [0.25, 0.3) is 0 Å². The van der Waals surface area contributed by atoms with Gasteiger partial charge < -0.3 is 4.90 Å². The van der Waals surface area contributed by atoms with Crippen molar-refractivity contribution in [1.29, 1.82) is 0 Å². The number of pyridine rings is 1. The van der Waals surface area contributed by atoms with Crippen LogP contribution >= 0.6 is 11.6 Å². The Morgan fingerprint density at radius 3 is 2.71 bits per heavy atom. The molecular weight excluding hydrogens is 196 g/mol. The van der Waals surface area contributed by atoms with E-state index in [1.165, 1.54) is 0 Å². The first kappa shape index (κ1) is 11.3. The van der Waals surface area contributed by atoms with E-state index in [1.807, 2.05) is 25.1 Å². The van der Waals surface area contributed by atoms with Gasteiger partial charge in [-0.25, -0.2) is 4.98 Å². The molecule has 3 heteroatoms. The lowest BCUT2D eigenvalue weighted by molar-refractivity contribution is 0.779. The van der Waals surface area contributed by atoms with E-state index in [2.05, 4.69) is 16.8 Å². The fourth-order valence-electron chi connectivity index (χ4n) is 1.42. The number of rotatable bonds is 5. The van der Waals surface area contributed by atoms with Crippen molar-refractivity contribution in [2.45, 2.75) is 20.3 Å². The highest BCUT2D eigenvalue weighted by Gasteiger charge is 2.05. The summed E-state index contributed by atoms with van der Waals surface area (Å²) in [5.74, 6) is 1.68. The zero-order chi connectivity index (χ0) is 10.4. The molecule has 2 nitrogen and oxygen atoms in total. The summed E-state index contributed by atoms with van der Waals surface area (Å²) >= 11 is 5.75. The van der Waals surface area contributed by atoms with Crippen LogP contribution < -0.4 is 4.90 Å². The minimum absolute atomic E-state index is 0.648. The molecule has 0 fully saturated rings. The number of hydrogen-bond donors (Lipinski definition) is 0. The van der Waals surface area contributed by atoms with Crippen molar-refractivity contribution in [2.24, 2.45) is 0 Å². The molecule has 0 amide bonds. The van der Waals surface area contributed by atoms with Crippen LogP contribution in [0.3, 0.4) is 0 Å². The fraction of sp³-hybridized carbons (Fsp3) is 0.545. The van der Waals surface area contributed by atoms with Gasteiger partial charge >= 0.3 is 0 Å². The summed E-state index contributed by atoms with van der Waals surface area (Å²) in [4.78, 5) is 6.70. The average molecular weight is 213 g/mol. The molecular formula is C11H17ClN2. The molecule has 1 aromatic heterocycles. The summed E-state index contributed by atoms with van der Waals surface area (Å²) in [7, 11) is 0. The number of halogens is 1. The van der Waals surface area contributed by atoms with Gasteiger partial charge in [-0.3, -0.25) is 0 Å². The Labute approximate surface area is 90.9 Å². The molecule has 0 saturated carbocycles. The Bertz CT molecular complexity index is 270.